The van der Waals surface area contributed by atoms with E-state index in [1.165, 1.54) is 42.5 Å². The Morgan fingerprint density at radius 3 is 0.881 bits per heavy atom. The van der Waals surface area contributed by atoms with Gasteiger partial charge in [0.25, 0.3) is 0 Å². The summed E-state index contributed by atoms with van der Waals surface area (Å²) in [7, 11) is -10.1. The minimum atomic E-state index is -3.40. The number of rotatable bonds is 25. The van der Waals surface area contributed by atoms with E-state index >= 15 is 0 Å². The maximum absolute atomic E-state index is 12.7. The Hall–Kier alpha value is -10.5. The van der Waals surface area contributed by atoms with Gasteiger partial charge in [-0.25, -0.2) is 63.6 Å². The Morgan fingerprint density at radius 2 is 0.595 bits per heavy atom. The molecule has 0 radical (unpaired) electrons. The molecule has 0 aliphatic carbocycles. The van der Waals surface area contributed by atoms with E-state index in [2.05, 4.69) is 52.5 Å². The van der Waals surface area contributed by atoms with Crippen molar-refractivity contribution < 1.29 is 126 Å². The van der Waals surface area contributed by atoms with Gasteiger partial charge < -0.3 is 80.6 Å². The fraction of sp³-hybridized carbons (Fsp3) is 0.409. The van der Waals surface area contributed by atoms with Crippen molar-refractivity contribution in [3.63, 3.8) is 0 Å². The maximum Gasteiger partial charge on any atom is 0.519 e. The van der Waals surface area contributed by atoms with Crippen LogP contribution in [-0.2, 0) is 137 Å². The lowest BCUT2D eigenvalue weighted by Crippen LogP contribution is -2.45. The second-order valence-corrected chi connectivity index (χ2v) is 40.5. The van der Waals surface area contributed by atoms with Crippen molar-refractivity contribution in [3.8, 4) is 0 Å². The van der Waals surface area contributed by atoms with Crippen molar-refractivity contribution in [2.75, 3.05) is 18.8 Å². The topological polar surface area (TPSA) is 496 Å². The van der Waals surface area contributed by atoms with E-state index in [1.54, 1.807) is 140 Å². The Labute approximate surface area is 761 Å². The highest BCUT2D eigenvalue weighted by Crippen LogP contribution is 2.21. The molecule has 0 saturated carbocycles. The lowest BCUT2D eigenvalue weighted by Gasteiger charge is -2.23. The number of nitrogens with one attached hydrogen (secondary N) is 3. The molecular formula is C88H118Br2ClN5O27S3. The number of sulfone groups is 3. The fourth-order valence-corrected chi connectivity index (χ4v) is 12.6. The summed E-state index contributed by atoms with van der Waals surface area (Å²) >= 11 is 6.62. The van der Waals surface area contributed by atoms with E-state index in [0.29, 0.717) is 23.1 Å². The molecule has 696 valence electrons. The zero-order valence-corrected chi connectivity index (χ0v) is 79.3. The molecule has 0 aliphatic rings. The number of carboxylic acid groups (broad SMARTS) is 3. The summed E-state index contributed by atoms with van der Waals surface area (Å²) in [5.74, 6) is -4.47. The number of benzene rings is 7. The van der Waals surface area contributed by atoms with Gasteiger partial charge in [-0.2, -0.15) is 0 Å². The summed E-state index contributed by atoms with van der Waals surface area (Å²) in [6, 6.07) is 46.8. The van der Waals surface area contributed by atoms with Crippen LogP contribution in [0.1, 0.15) is 150 Å². The number of esters is 2. The number of amides is 3. The predicted octanol–water partition coefficient (Wildman–Crippen LogP) is 14.9. The molecule has 5 atom stereocenters. The summed E-state index contributed by atoms with van der Waals surface area (Å²) < 4.78 is 111. The molecule has 7 aromatic rings. The molecule has 0 spiro atoms. The molecule has 0 unspecified atom stereocenters. The van der Waals surface area contributed by atoms with E-state index < -0.39 is 148 Å². The molecule has 3 amide bonds. The van der Waals surface area contributed by atoms with Gasteiger partial charge in [0.05, 0.1) is 14.7 Å². The Kier molecular flexibility index (Phi) is 48.7. The van der Waals surface area contributed by atoms with Crippen molar-refractivity contribution in [2.24, 2.45) is 11.5 Å². The molecule has 38 heteroatoms. The van der Waals surface area contributed by atoms with Gasteiger partial charge in [0.2, 0.25) is 0 Å². The molecule has 0 heterocycles. The number of carboxylic acids is 3. The number of hydrogen-bond donors (Lipinski definition) is 8. The lowest BCUT2D eigenvalue weighted by molar-refractivity contribution is -0.148. The molecule has 0 saturated heterocycles. The monoisotopic (exact) mass is 1970 g/mol. The highest BCUT2D eigenvalue weighted by molar-refractivity contribution is 9.10. The van der Waals surface area contributed by atoms with Crippen LogP contribution in [0.3, 0.4) is 0 Å². The number of carbonyl (C=O) groups is 10. The average molecular weight is 1970 g/mol. The third-order valence-corrected chi connectivity index (χ3v) is 19.3. The predicted molar refractivity (Wildman–Crippen MR) is 484 cm³/mol. The average Bonchev–Trinajstić information content (AvgIpc) is 0.849. The second kappa shape index (κ2) is 53.2. The third-order valence-electron chi connectivity index (χ3n) is 15.0. The first-order valence-corrected chi connectivity index (χ1v) is 45.3. The quantitative estimate of drug-likeness (QED) is 0.0150. The van der Waals surface area contributed by atoms with Crippen LogP contribution >= 0.6 is 44.3 Å². The number of halogens is 3. The van der Waals surface area contributed by atoms with Gasteiger partial charge in [0.15, 0.2) is 29.5 Å². The largest absolute Gasteiger partial charge is 0.519 e. The van der Waals surface area contributed by atoms with Crippen molar-refractivity contribution in [2.45, 2.75) is 230 Å². The number of nitrogens with two attached hydrogens (primary N) is 2. The van der Waals surface area contributed by atoms with E-state index in [4.69, 9.17) is 54.8 Å². The first kappa shape index (κ1) is 115. The zero-order valence-electron chi connectivity index (χ0n) is 72.8. The minimum Gasteiger partial charge on any atom is -0.480 e. The Balaban J connectivity index is 0.00000151. The van der Waals surface area contributed by atoms with Crippen molar-refractivity contribution in [1.29, 1.82) is 0 Å². The Morgan fingerprint density at radius 1 is 0.341 bits per heavy atom. The molecule has 0 fully saturated rings. The van der Waals surface area contributed by atoms with Gasteiger partial charge in [0, 0.05) is 47.0 Å². The van der Waals surface area contributed by atoms with Gasteiger partial charge in [-0.3, -0.25) is 9.59 Å². The molecule has 0 aromatic heterocycles. The molecule has 10 N–H and O–H groups in total. The van der Waals surface area contributed by atoms with Crippen molar-refractivity contribution in [3.05, 3.63) is 230 Å². The summed E-state index contributed by atoms with van der Waals surface area (Å²) in [5.41, 5.74) is 12.8. The van der Waals surface area contributed by atoms with Gasteiger partial charge >= 0.3 is 60.4 Å². The van der Waals surface area contributed by atoms with Gasteiger partial charge in [-0.15, -0.1) is 12.4 Å². The van der Waals surface area contributed by atoms with E-state index in [0.717, 1.165) is 50.0 Å². The van der Waals surface area contributed by atoms with Gasteiger partial charge in [0.1, 0.15) is 71.4 Å². The number of ether oxygens (including phenoxy) is 8. The summed E-state index contributed by atoms with van der Waals surface area (Å²) in [6.07, 6.45) is -0.383. The van der Waals surface area contributed by atoms with Crippen LogP contribution in [0.25, 0.3) is 0 Å². The van der Waals surface area contributed by atoms with Crippen LogP contribution in [0.4, 0.5) is 24.0 Å². The molecule has 0 bridgehead atoms. The van der Waals surface area contributed by atoms with Crippen molar-refractivity contribution in [1.82, 2.24) is 16.0 Å². The number of carbonyl (C=O) groups excluding carboxylic acids is 7. The fourth-order valence-electron chi connectivity index (χ4n) is 9.64. The minimum absolute atomic E-state index is 0. The number of alkyl carbamates (subject to hydrolysis) is 3. The van der Waals surface area contributed by atoms with Crippen LogP contribution in [0, 0.1) is 0 Å². The van der Waals surface area contributed by atoms with E-state index in [1.807, 2.05) is 103 Å². The van der Waals surface area contributed by atoms with Crippen LogP contribution < -0.4 is 27.4 Å². The summed E-state index contributed by atoms with van der Waals surface area (Å²) in [5, 5.41) is 34.1. The molecule has 0 aliphatic heterocycles. The maximum atomic E-state index is 12.7. The van der Waals surface area contributed by atoms with Gasteiger partial charge in [-0.05, 0) is 216 Å². The molecule has 32 nitrogen and oxygen atoms in total. The summed E-state index contributed by atoms with van der Waals surface area (Å²) in [6.45, 7) is 25.5. The van der Waals surface area contributed by atoms with Crippen LogP contribution in [0.15, 0.2) is 206 Å². The first-order valence-electron chi connectivity index (χ1n) is 38.0. The van der Waals surface area contributed by atoms with Crippen LogP contribution in [0.2, 0.25) is 0 Å². The van der Waals surface area contributed by atoms with Crippen LogP contribution in [0.5, 0.6) is 0 Å². The third kappa shape index (κ3) is 53.1. The Bertz CT molecular complexity index is 5050. The number of aliphatic carboxylic acids is 3. The van der Waals surface area contributed by atoms with Crippen LogP contribution in [-0.4, -0.2) is 178 Å². The molecule has 7 aromatic carbocycles. The summed E-state index contributed by atoms with van der Waals surface area (Å²) in [4.78, 5) is 116. The highest BCUT2D eigenvalue weighted by atomic mass is 79.9. The SMILES string of the molecule is C.CC(C)(C)OC(=O)N[C@@H](Cc1cccc(Br)c1)C(=O)O.CC(C)(C)OC(=O)N[C@@H](Cc1cccc(S(C)(=O)=O)c1)C(=O)O.CC(C)(C)OC(=O)N[C@@H](Cc1cccc(S(C)(=O)=O)c1)C(=O)OCc1ccccc1.CC(C)(C)OC(=O)OC(=O)OC(C)(C)C.CS(=O)(=O)c1cccc(C[C@H](N)C(=O)OCc2ccccc2)c1.Cl.N[C@@H](Cc1cccc(Br)c1)C(=O)O. The smallest absolute Gasteiger partial charge is 0.480 e. The highest BCUT2D eigenvalue weighted by Gasteiger charge is 2.30. The second-order valence-electron chi connectivity index (χ2n) is 32.6. The standard InChI is InChI=1S/C22H27NO6S.C17H19NO4S.C15H21NO6S.C14H18BrNO4.C10H18O5.C9H10BrNO2.CH4.ClH/c1-22(2,3)29-21(25)23-19(20(24)28-15-16-9-6-5-7-10-16)14-17-11-8-12-18(13-17)30(4,26)27;1-23(20,21)15-9-5-8-14(10-15)11-16(18)17(19)22-12-13-6-3-2-4-7-13;1-15(2,3)22-14(19)16-12(13(17)18)9-10-6-5-7-11(8-10)23(4,20)21;1-14(2,3)20-13(19)16-11(12(17)18)8-9-5-4-6-10(15)7-9;1-9(2,3)14-7(11)13-8(12)15-10(4,5)6;10-7-3-1-2-6(4-7)5-8(11)9(12)13;;/h5-13,19H,14-15H2,1-4H3,(H,23,25);2-10,16H,11-12,18H2,1H3;5-8,12H,9H2,1-4H3,(H,16,19)(H,17,18);4-7,11H,8H2,1-3H3,(H,16,19)(H,17,18);1-6H3;1-4,8H,5,11H2,(H,12,13);1H4;1H/t19-;16-;12-;11-;;8-;;/m0000.0../s1. The van der Waals surface area contributed by atoms with E-state index in [9.17, 15) is 78.3 Å². The molecule has 126 heavy (non-hydrogen) atoms. The number of hydrogen-bond acceptors (Lipinski definition) is 26. The lowest BCUT2D eigenvalue weighted by atomic mass is 10.1. The van der Waals surface area contributed by atoms with Gasteiger partial charge in [-0.1, -0.05) is 161 Å². The zero-order chi connectivity index (χ0) is 94.5. The van der Waals surface area contributed by atoms with Crippen molar-refractivity contribution >= 4 is 134 Å². The van der Waals surface area contributed by atoms with E-state index in [-0.39, 0.29) is 73.4 Å². The molecular weight excluding hydrogens is 1850 g/mol. The first-order chi connectivity index (χ1) is 56.9. The normalized spacial score (nSPS) is 12.4. The molecule has 7 rings (SSSR count).